The van der Waals surface area contributed by atoms with Gasteiger partial charge >= 0.3 is 0 Å². The minimum absolute atomic E-state index is 0.0335. The zero-order valence-corrected chi connectivity index (χ0v) is 16.3. The molecule has 0 N–H and O–H groups in total. The normalized spacial score (nSPS) is 27.1. The lowest BCUT2D eigenvalue weighted by molar-refractivity contribution is -0.175. The second-order valence-corrected chi connectivity index (χ2v) is 7.20. The number of benzene rings is 2. The molecule has 1 saturated heterocycles. The van der Waals surface area contributed by atoms with E-state index in [1.165, 1.54) is 0 Å². The molecule has 2 unspecified atom stereocenters. The highest BCUT2D eigenvalue weighted by molar-refractivity contribution is 5.14. The van der Waals surface area contributed by atoms with Gasteiger partial charge in [0.05, 0.1) is 44.2 Å². The van der Waals surface area contributed by atoms with Crippen LogP contribution >= 0.6 is 0 Å². The molecule has 0 aliphatic carbocycles. The molecular formula is C22H27N3O3. The van der Waals surface area contributed by atoms with Crippen LogP contribution in [0.15, 0.2) is 65.8 Å². The van der Waals surface area contributed by atoms with E-state index in [0.29, 0.717) is 19.8 Å². The van der Waals surface area contributed by atoms with Crippen molar-refractivity contribution in [3.63, 3.8) is 0 Å². The minimum atomic E-state index is -0.367. The summed E-state index contributed by atoms with van der Waals surface area (Å²) in [6.45, 7) is 5.47. The van der Waals surface area contributed by atoms with Gasteiger partial charge in [-0.1, -0.05) is 72.7 Å². The molecule has 1 fully saturated rings. The first-order chi connectivity index (χ1) is 13.7. The maximum absolute atomic E-state index is 8.98. The van der Waals surface area contributed by atoms with Crippen molar-refractivity contribution < 1.29 is 14.2 Å². The average Bonchev–Trinajstić information content (AvgIpc) is 2.73. The molecule has 148 valence electrons. The van der Waals surface area contributed by atoms with Gasteiger partial charge in [0.2, 0.25) is 0 Å². The van der Waals surface area contributed by atoms with Gasteiger partial charge in [-0.15, -0.1) is 0 Å². The lowest BCUT2D eigenvalue weighted by Crippen LogP contribution is -2.53. The molecular weight excluding hydrogens is 354 g/mol. The Hall–Kier alpha value is -2.37. The molecule has 1 heterocycles. The number of ether oxygens (including phenoxy) is 3. The Kier molecular flexibility index (Phi) is 7.46. The second-order valence-electron chi connectivity index (χ2n) is 7.20. The summed E-state index contributed by atoms with van der Waals surface area (Å²) in [5.41, 5.74) is 11.2. The molecule has 0 aromatic heterocycles. The van der Waals surface area contributed by atoms with Crippen LogP contribution in [-0.4, -0.2) is 31.0 Å². The molecule has 0 amide bonds. The summed E-state index contributed by atoms with van der Waals surface area (Å²) in [6.07, 6.45) is -0.590. The molecule has 1 aliphatic heterocycles. The van der Waals surface area contributed by atoms with Crippen LogP contribution in [0.1, 0.15) is 25.0 Å². The maximum Gasteiger partial charge on any atom is 0.0899 e. The first-order valence-corrected chi connectivity index (χ1v) is 9.66. The Morgan fingerprint density at radius 3 is 2.18 bits per heavy atom. The summed E-state index contributed by atoms with van der Waals surface area (Å²) < 4.78 is 18.2. The standard InChI is InChI=1S/C22H27N3O3/c1-16-20(15-26-13-18-9-5-3-6-10-18)28-17(2)21(24-25-23)22(16)27-14-19-11-7-4-8-12-19/h3-12,16-17,20-22H,13-15H2,1-2H3/t16-,17-,20?,21?,22-/m0/s1. The molecule has 0 radical (unpaired) electrons. The summed E-state index contributed by atoms with van der Waals surface area (Å²) in [5.74, 6) is 0.0335. The maximum atomic E-state index is 8.98. The zero-order chi connectivity index (χ0) is 19.8. The Bertz CT molecular complexity index is 765. The fourth-order valence-electron chi connectivity index (χ4n) is 3.56. The van der Waals surface area contributed by atoms with Crippen molar-refractivity contribution in [2.45, 2.75) is 51.4 Å². The van der Waals surface area contributed by atoms with E-state index in [9.17, 15) is 0 Å². The molecule has 28 heavy (non-hydrogen) atoms. The van der Waals surface area contributed by atoms with Crippen LogP contribution in [0, 0.1) is 5.92 Å². The van der Waals surface area contributed by atoms with Crippen molar-refractivity contribution in [1.82, 2.24) is 0 Å². The third-order valence-electron chi connectivity index (χ3n) is 5.18. The molecule has 6 nitrogen and oxygen atoms in total. The lowest BCUT2D eigenvalue weighted by atomic mass is 9.87. The first-order valence-electron chi connectivity index (χ1n) is 9.66. The highest BCUT2D eigenvalue weighted by atomic mass is 16.5. The monoisotopic (exact) mass is 381 g/mol. The van der Waals surface area contributed by atoms with E-state index in [1.54, 1.807) is 0 Å². The van der Waals surface area contributed by atoms with E-state index in [2.05, 4.69) is 16.9 Å². The Morgan fingerprint density at radius 2 is 1.57 bits per heavy atom. The fourth-order valence-corrected chi connectivity index (χ4v) is 3.56. The lowest BCUT2D eigenvalue weighted by Gasteiger charge is -2.43. The molecule has 6 heteroatoms. The molecule has 1 aliphatic rings. The van der Waals surface area contributed by atoms with Crippen LogP contribution in [0.4, 0.5) is 0 Å². The van der Waals surface area contributed by atoms with Crippen molar-refractivity contribution in [3.8, 4) is 0 Å². The average molecular weight is 381 g/mol. The van der Waals surface area contributed by atoms with Crippen LogP contribution < -0.4 is 0 Å². The quantitative estimate of drug-likeness (QED) is 0.371. The van der Waals surface area contributed by atoms with E-state index >= 15 is 0 Å². The van der Waals surface area contributed by atoms with E-state index < -0.39 is 0 Å². The summed E-state index contributed by atoms with van der Waals surface area (Å²) in [7, 11) is 0. The second kappa shape index (κ2) is 10.2. The van der Waals surface area contributed by atoms with E-state index in [-0.39, 0.29) is 30.3 Å². The van der Waals surface area contributed by atoms with Gasteiger partial charge in [0.25, 0.3) is 0 Å². The third kappa shape index (κ3) is 5.33. The Labute approximate surface area is 166 Å². The van der Waals surface area contributed by atoms with Crippen molar-refractivity contribution in [3.05, 3.63) is 82.2 Å². The zero-order valence-electron chi connectivity index (χ0n) is 16.3. The molecule has 0 bridgehead atoms. The Morgan fingerprint density at radius 1 is 0.964 bits per heavy atom. The van der Waals surface area contributed by atoms with E-state index in [0.717, 1.165) is 11.1 Å². The summed E-state index contributed by atoms with van der Waals surface area (Å²) in [4.78, 5) is 3.01. The number of azide groups is 1. The molecule has 2 aromatic carbocycles. The molecule has 0 spiro atoms. The summed E-state index contributed by atoms with van der Waals surface area (Å²) >= 11 is 0. The molecule has 2 aromatic rings. The summed E-state index contributed by atoms with van der Waals surface area (Å²) in [5, 5.41) is 3.96. The van der Waals surface area contributed by atoms with Crippen LogP contribution in [0.5, 0.6) is 0 Å². The van der Waals surface area contributed by atoms with Gasteiger partial charge in [-0.3, -0.25) is 0 Å². The van der Waals surface area contributed by atoms with Gasteiger partial charge in [0.15, 0.2) is 0 Å². The van der Waals surface area contributed by atoms with Crippen LogP contribution in [0.3, 0.4) is 0 Å². The van der Waals surface area contributed by atoms with Crippen molar-refractivity contribution >= 4 is 0 Å². The smallest absolute Gasteiger partial charge is 0.0899 e. The largest absolute Gasteiger partial charge is 0.374 e. The Balaban J connectivity index is 1.63. The van der Waals surface area contributed by atoms with Crippen LogP contribution in [0.2, 0.25) is 0 Å². The SMILES string of the molecule is C[C@@H]1OC(COCc2ccccc2)[C@H](C)[C@H](OCc2ccccc2)C1N=[N+]=[N-]. The van der Waals surface area contributed by atoms with Gasteiger partial charge in [-0.25, -0.2) is 0 Å². The van der Waals surface area contributed by atoms with Crippen molar-refractivity contribution in [1.29, 1.82) is 0 Å². The van der Waals surface area contributed by atoms with Crippen LogP contribution in [-0.2, 0) is 27.4 Å². The number of hydrogen-bond acceptors (Lipinski definition) is 4. The minimum Gasteiger partial charge on any atom is -0.374 e. The van der Waals surface area contributed by atoms with E-state index in [4.69, 9.17) is 19.7 Å². The highest BCUT2D eigenvalue weighted by Crippen LogP contribution is 2.31. The first kappa shape index (κ1) is 20.4. The van der Waals surface area contributed by atoms with Gasteiger partial charge < -0.3 is 14.2 Å². The van der Waals surface area contributed by atoms with Gasteiger partial charge in [0.1, 0.15) is 0 Å². The predicted octanol–water partition coefficient (Wildman–Crippen LogP) is 4.89. The molecule has 5 atom stereocenters. The molecule has 3 rings (SSSR count). The number of hydrogen-bond donors (Lipinski definition) is 0. The van der Waals surface area contributed by atoms with Crippen molar-refractivity contribution in [2.75, 3.05) is 6.61 Å². The topological polar surface area (TPSA) is 76.5 Å². The summed E-state index contributed by atoms with van der Waals surface area (Å²) in [6, 6.07) is 19.7. The van der Waals surface area contributed by atoms with Crippen LogP contribution in [0.25, 0.3) is 10.4 Å². The predicted molar refractivity (Wildman–Crippen MR) is 108 cm³/mol. The third-order valence-corrected chi connectivity index (χ3v) is 5.18. The molecule has 0 saturated carbocycles. The highest BCUT2D eigenvalue weighted by Gasteiger charge is 2.42. The van der Waals surface area contributed by atoms with Crippen molar-refractivity contribution in [2.24, 2.45) is 11.0 Å². The van der Waals surface area contributed by atoms with Gasteiger partial charge in [-0.2, -0.15) is 0 Å². The van der Waals surface area contributed by atoms with Gasteiger partial charge in [0, 0.05) is 10.8 Å². The number of rotatable bonds is 8. The van der Waals surface area contributed by atoms with Gasteiger partial charge in [-0.05, 0) is 23.6 Å². The number of nitrogens with zero attached hydrogens (tertiary/aromatic N) is 3. The fraction of sp³-hybridized carbons (Fsp3) is 0.455. The van der Waals surface area contributed by atoms with E-state index in [1.807, 2.05) is 67.6 Å².